The van der Waals surface area contributed by atoms with Gasteiger partial charge in [-0.3, -0.25) is 4.40 Å². The number of aryl methyl sites for hydroxylation is 1. The van der Waals surface area contributed by atoms with Crippen LogP contribution in [0.3, 0.4) is 0 Å². The molecule has 0 aliphatic heterocycles. The lowest BCUT2D eigenvalue weighted by molar-refractivity contribution is 0.0527. The first kappa shape index (κ1) is 15.3. The summed E-state index contributed by atoms with van der Waals surface area (Å²) in [5.74, 6) is -0.355. The highest BCUT2D eigenvalue weighted by Gasteiger charge is 2.20. The fraction of sp³-hybridized carbons (Fsp3) is 0.158. The summed E-state index contributed by atoms with van der Waals surface area (Å²) in [6.45, 7) is 4.00. The zero-order valence-electron chi connectivity index (χ0n) is 13.9. The number of fused-ring (bicyclic) bond motifs is 3. The lowest BCUT2D eigenvalue weighted by atomic mass is 9.97. The Kier molecular flexibility index (Phi) is 3.65. The molecular weight excluding hydrogens is 316 g/mol. The summed E-state index contributed by atoms with van der Waals surface area (Å²) >= 11 is 0. The van der Waals surface area contributed by atoms with Gasteiger partial charge in [0.25, 0.3) is 0 Å². The summed E-state index contributed by atoms with van der Waals surface area (Å²) in [5.41, 5.74) is 5.20. The number of carbonyl (C=O) groups is 1. The Morgan fingerprint density at radius 1 is 1.16 bits per heavy atom. The Balaban J connectivity index is 2.13. The normalized spacial score (nSPS) is 11.1. The van der Waals surface area contributed by atoms with Crippen LogP contribution in [0.1, 0.15) is 23.0 Å². The molecule has 0 amide bonds. The molecule has 0 radical (unpaired) electrons. The van der Waals surface area contributed by atoms with Crippen LogP contribution >= 0.6 is 0 Å². The fourth-order valence-electron chi connectivity index (χ4n) is 3.04. The first-order chi connectivity index (χ1) is 12.2. The van der Waals surface area contributed by atoms with Gasteiger partial charge in [-0.05, 0) is 31.5 Å². The van der Waals surface area contributed by atoms with Crippen LogP contribution in [0.2, 0.25) is 0 Å². The summed E-state index contributed by atoms with van der Waals surface area (Å²) in [6, 6.07) is 13.4. The van der Waals surface area contributed by atoms with E-state index >= 15 is 0 Å². The van der Waals surface area contributed by atoms with Gasteiger partial charge < -0.3 is 4.74 Å². The van der Waals surface area contributed by atoms with Crippen LogP contribution < -0.4 is 0 Å². The molecule has 0 atom stereocenters. The maximum atomic E-state index is 12.5. The van der Waals surface area contributed by atoms with E-state index in [0.29, 0.717) is 17.8 Å². The first-order valence-electron chi connectivity index (χ1n) is 8.06. The highest BCUT2D eigenvalue weighted by molar-refractivity contribution is 6.06. The van der Waals surface area contributed by atoms with Crippen molar-refractivity contribution < 1.29 is 9.53 Å². The predicted octanol–water partition coefficient (Wildman–Crippen LogP) is 3.43. The molecule has 124 valence electrons. The van der Waals surface area contributed by atoms with Crippen molar-refractivity contribution in [1.29, 1.82) is 0 Å². The average Bonchev–Trinajstić information content (AvgIpc) is 3.12. The Labute approximate surface area is 144 Å². The van der Waals surface area contributed by atoms with E-state index in [1.165, 1.54) is 0 Å². The van der Waals surface area contributed by atoms with Gasteiger partial charge in [0, 0.05) is 5.56 Å². The monoisotopic (exact) mass is 332 g/mol. The second kappa shape index (κ2) is 5.98. The number of aromatic nitrogens is 4. The van der Waals surface area contributed by atoms with Gasteiger partial charge in [-0.25, -0.2) is 9.78 Å². The smallest absolute Gasteiger partial charge is 0.338 e. The van der Waals surface area contributed by atoms with Gasteiger partial charge in [0.15, 0.2) is 5.65 Å². The molecule has 4 rings (SSSR count). The highest BCUT2D eigenvalue weighted by Crippen LogP contribution is 2.32. The van der Waals surface area contributed by atoms with Crippen molar-refractivity contribution in [2.45, 2.75) is 13.8 Å². The molecule has 6 heteroatoms. The van der Waals surface area contributed by atoms with E-state index in [-0.39, 0.29) is 5.97 Å². The lowest BCUT2D eigenvalue weighted by Crippen LogP contribution is -2.08. The minimum absolute atomic E-state index is 0.321. The molecule has 0 fully saturated rings. The topological polar surface area (TPSA) is 69.4 Å². The van der Waals surface area contributed by atoms with Crippen molar-refractivity contribution in [3.8, 4) is 11.1 Å². The third-order valence-corrected chi connectivity index (χ3v) is 4.12. The molecule has 0 N–H and O–H groups in total. The highest BCUT2D eigenvalue weighted by atomic mass is 16.5. The quantitative estimate of drug-likeness (QED) is 0.538. The zero-order chi connectivity index (χ0) is 17.4. The van der Waals surface area contributed by atoms with Crippen molar-refractivity contribution in [2.75, 3.05) is 6.61 Å². The summed E-state index contributed by atoms with van der Waals surface area (Å²) in [7, 11) is 0. The molecule has 0 spiro atoms. The van der Waals surface area contributed by atoms with E-state index in [1.54, 1.807) is 19.3 Å². The van der Waals surface area contributed by atoms with Crippen LogP contribution in [0.5, 0.6) is 0 Å². The third-order valence-electron chi connectivity index (χ3n) is 4.12. The molecule has 0 bridgehead atoms. The summed E-state index contributed by atoms with van der Waals surface area (Å²) in [4.78, 5) is 17.2. The number of benzene rings is 2. The van der Waals surface area contributed by atoms with Crippen LogP contribution in [-0.4, -0.2) is 32.2 Å². The van der Waals surface area contributed by atoms with Gasteiger partial charge in [0.1, 0.15) is 6.33 Å². The number of esters is 1. The number of hydrogen-bond donors (Lipinski definition) is 0. The van der Waals surface area contributed by atoms with Crippen LogP contribution in [0.25, 0.3) is 27.8 Å². The van der Waals surface area contributed by atoms with Gasteiger partial charge in [-0.2, -0.15) is 0 Å². The van der Waals surface area contributed by atoms with Crippen molar-refractivity contribution in [1.82, 2.24) is 19.6 Å². The Hall–Kier alpha value is -3.28. The summed E-state index contributed by atoms with van der Waals surface area (Å²) in [6.07, 6.45) is 1.66. The Morgan fingerprint density at radius 2 is 1.96 bits per heavy atom. The number of ether oxygens (including phenoxy) is 1. The van der Waals surface area contributed by atoms with Gasteiger partial charge in [-0.1, -0.05) is 30.3 Å². The number of carbonyl (C=O) groups excluding carboxylic acids is 1. The Bertz CT molecular complexity index is 1090. The maximum absolute atomic E-state index is 12.5. The van der Waals surface area contributed by atoms with E-state index in [2.05, 4.69) is 10.2 Å². The second-order valence-electron chi connectivity index (χ2n) is 5.66. The zero-order valence-corrected chi connectivity index (χ0v) is 13.9. The van der Waals surface area contributed by atoms with Gasteiger partial charge >= 0.3 is 5.97 Å². The number of rotatable bonds is 3. The largest absolute Gasteiger partial charge is 0.462 e. The molecule has 2 heterocycles. The van der Waals surface area contributed by atoms with E-state index in [0.717, 1.165) is 27.9 Å². The number of nitrogens with zero attached hydrogens (tertiary/aromatic N) is 4. The lowest BCUT2D eigenvalue weighted by Gasteiger charge is -2.13. The van der Waals surface area contributed by atoms with Crippen LogP contribution in [-0.2, 0) is 4.74 Å². The molecule has 0 aliphatic rings. The van der Waals surface area contributed by atoms with E-state index in [9.17, 15) is 4.79 Å². The number of hydrogen-bond acceptors (Lipinski definition) is 5. The molecule has 2 aromatic carbocycles. The molecular formula is C19H16N4O2. The van der Waals surface area contributed by atoms with Crippen LogP contribution in [0.4, 0.5) is 0 Å². The molecule has 25 heavy (non-hydrogen) atoms. The van der Waals surface area contributed by atoms with E-state index < -0.39 is 0 Å². The molecule has 0 unspecified atom stereocenters. The summed E-state index contributed by atoms with van der Waals surface area (Å²) in [5, 5.41) is 8.10. The fourth-order valence-corrected chi connectivity index (χ4v) is 3.04. The molecule has 2 aromatic heterocycles. The summed E-state index contributed by atoms with van der Waals surface area (Å²) < 4.78 is 7.13. The Morgan fingerprint density at radius 3 is 2.72 bits per heavy atom. The first-order valence-corrected chi connectivity index (χ1v) is 8.06. The molecule has 0 saturated carbocycles. The molecule has 6 nitrogen and oxygen atoms in total. The minimum Gasteiger partial charge on any atom is -0.462 e. The standard InChI is InChI=1S/C19H16N4O2/c1-3-25-19(24)14-9-10-15-17(16(14)13-7-5-4-6-8-13)21-12(2)18-22-20-11-23(15)18/h4-11H,3H2,1-2H3. The van der Waals surface area contributed by atoms with Gasteiger partial charge in [0.2, 0.25) is 0 Å². The van der Waals surface area contributed by atoms with Crippen molar-refractivity contribution in [3.63, 3.8) is 0 Å². The second-order valence-corrected chi connectivity index (χ2v) is 5.66. The molecule has 0 aliphatic carbocycles. The van der Waals surface area contributed by atoms with Crippen LogP contribution in [0.15, 0.2) is 48.8 Å². The molecule has 4 aromatic rings. The van der Waals surface area contributed by atoms with E-state index in [1.807, 2.05) is 47.7 Å². The van der Waals surface area contributed by atoms with Crippen molar-refractivity contribution >= 4 is 22.6 Å². The molecule has 0 saturated heterocycles. The third kappa shape index (κ3) is 2.42. The van der Waals surface area contributed by atoms with Gasteiger partial charge in [-0.15, -0.1) is 10.2 Å². The minimum atomic E-state index is -0.355. The predicted molar refractivity (Wildman–Crippen MR) is 94.4 cm³/mol. The SMILES string of the molecule is CCOC(=O)c1ccc2c(nc(C)c3nncn32)c1-c1ccccc1. The van der Waals surface area contributed by atoms with E-state index in [4.69, 9.17) is 9.72 Å². The van der Waals surface area contributed by atoms with Crippen molar-refractivity contribution in [2.24, 2.45) is 0 Å². The maximum Gasteiger partial charge on any atom is 0.338 e. The van der Waals surface area contributed by atoms with Crippen molar-refractivity contribution in [3.05, 3.63) is 60.0 Å². The average molecular weight is 332 g/mol. The van der Waals surface area contributed by atoms with Gasteiger partial charge in [0.05, 0.1) is 28.9 Å². The van der Waals surface area contributed by atoms with Crippen LogP contribution in [0, 0.1) is 6.92 Å².